The second-order valence-electron chi connectivity index (χ2n) is 6.68. The van der Waals surface area contributed by atoms with Gasteiger partial charge in [-0.2, -0.15) is 0 Å². The van der Waals surface area contributed by atoms with Gasteiger partial charge in [-0.05, 0) is 62.6 Å². The Kier molecular flexibility index (Phi) is 5.71. The summed E-state index contributed by atoms with van der Waals surface area (Å²) in [4.78, 5) is 4.61. The van der Waals surface area contributed by atoms with E-state index in [-0.39, 0.29) is 0 Å². The Morgan fingerprint density at radius 1 is 1.11 bits per heavy atom. The Hall–Kier alpha value is -2.52. The van der Waals surface area contributed by atoms with Crippen molar-refractivity contribution >= 4 is 23.5 Å². The van der Waals surface area contributed by atoms with E-state index in [1.165, 1.54) is 28.2 Å². The first kappa shape index (κ1) is 19.2. The standard InChI is InChI=1S/C23H25ClN2O/c1-6-18-9-7-8-15(2)23(18)26-16(3)12-19(17(26)4)14-25-20-10-11-22(27-5)21(24)13-20/h7-14H,6H2,1-5H3. The lowest BCUT2D eigenvalue weighted by molar-refractivity contribution is 0.415. The molecule has 0 atom stereocenters. The van der Waals surface area contributed by atoms with E-state index in [4.69, 9.17) is 16.3 Å². The van der Waals surface area contributed by atoms with E-state index < -0.39 is 0 Å². The predicted molar refractivity (Wildman–Crippen MR) is 115 cm³/mol. The molecule has 1 heterocycles. The van der Waals surface area contributed by atoms with E-state index in [1.807, 2.05) is 24.4 Å². The summed E-state index contributed by atoms with van der Waals surface area (Å²) < 4.78 is 7.53. The predicted octanol–water partition coefficient (Wildman–Crippen LogP) is 6.38. The van der Waals surface area contributed by atoms with Gasteiger partial charge in [-0.15, -0.1) is 0 Å². The van der Waals surface area contributed by atoms with Crippen LogP contribution in [-0.4, -0.2) is 17.9 Å². The molecule has 4 heteroatoms. The van der Waals surface area contributed by atoms with E-state index >= 15 is 0 Å². The number of nitrogens with zero attached hydrogens (tertiary/aromatic N) is 2. The van der Waals surface area contributed by atoms with Gasteiger partial charge >= 0.3 is 0 Å². The molecule has 0 saturated carbocycles. The lowest BCUT2D eigenvalue weighted by Gasteiger charge is -2.17. The van der Waals surface area contributed by atoms with Crippen molar-refractivity contribution in [2.45, 2.75) is 34.1 Å². The number of hydrogen-bond acceptors (Lipinski definition) is 2. The highest BCUT2D eigenvalue weighted by Gasteiger charge is 2.14. The Balaban J connectivity index is 2.01. The summed E-state index contributed by atoms with van der Waals surface area (Å²) in [6.45, 7) is 8.64. The molecule has 0 saturated heterocycles. The molecule has 0 spiro atoms. The molecule has 140 valence electrons. The third kappa shape index (κ3) is 3.79. The second kappa shape index (κ2) is 8.01. The largest absolute Gasteiger partial charge is 0.495 e. The molecule has 0 aliphatic rings. The normalized spacial score (nSPS) is 11.3. The Morgan fingerprint density at radius 3 is 2.56 bits per heavy atom. The molecule has 0 amide bonds. The zero-order chi connectivity index (χ0) is 19.6. The molecule has 0 bridgehead atoms. The van der Waals surface area contributed by atoms with E-state index in [2.05, 4.69) is 61.5 Å². The monoisotopic (exact) mass is 380 g/mol. The van der Waals surface area contributed by atoms with Crippen molar-refractivity contribution in [1.29, 1.82) is 0 Å². The third-order valence-corrected chi connectivity index (χ3v) is 5.18. The molecule has 3 nitrogen and oxygen atoms in total. The summed E-state index contributed by atoms with van der Waals surface area (Å²) in [5, 5.41) is 0.560. The summed E-state index contributed by atoms with van der Waals surface area (Å²) in [5.74, 6) is 0.653. The van der Waals surface area contributed by atoms with Gasteiger partial charge in [-0.1, -0.05) is 36.7 Å². The van der Waals surface area contributed by atoms with E-state index in [9.17, 15) is 0 Å². The minimum Gasteiger partial charge on any atom is -0.495 e. The number of rotatable bonds is 5. The third-order valence-electron chi connectivity index (χ3n) is 4.88. The van der Waals surface area contributed by atoms with Crippen molar-refractivity contribution < 1.29 is 4.74 Å². The molecular weight excluding hydrogens is 356 g/mol. The fourth-order valence-electron chi connectivity index (χ4n) is 3.47. The van der Waals surface area contributed by atoms with Crippen LogP contribution in [0.25, 0.3) is 5.69 Å². The highest BCUT2D eigenvalue weighted by molar-refractivity contribution is 6.32. The Bertz CT molecular complexity index is 1000. The maximum absolute atomic E-state index is 6.20. The topological polar surface area (TPSA) is 26.5 Å². The van der Waals surface area contributed by atoms with Gasteiger partial charge in [-0.25, -0.2) is 0 Å². The van der Waals surface area contributed by atoms with Crippen LogP contribution in [0.1, 0.15) is 35.0 Å². The van der Waals surface area contributed by atoms with Crippen LogP contribution in [0.4, 0.5) is 5.69 Å². The lowest BCUT2D eigenvalue weighted by Crippen LogP contribution is -2.05. The van der Waals surface area contributed by atoms with E-state index in [1.54, 1.807) is 7.11 Å². The van der Waals surface area contributed by atoms with E-state index in [0.717, 1.165) is 17.7 Å². The molecule has 27 heavy (non-hydrogen) atoms. The number of hydrogen-bond donors (Lipinski definition) is 0. The van der Waals surface area contributed by atoms with Crippen LogP contribution in [0.3, 0.4) is 0 Å². The summed E-state index contributed by atoms with van der Waals surface area (Å²) in [5.41, 5.74) is 8.19. The van der Waals surface area contributed by atoms with Crippen molar-refractivity contribution in [3.05, 3.63) is 75.6 Å². The molecule has 0 aliphatic carbocycles. The van der Waals surface area contributed by atoms with Crippen LogP contribution < -0.4 is 4.74 Å². The van der Waals surface area contributed by atoms with Crippen LogP contribution >= 0.6 is 11.6 Å². The molecule has 0 N–H and O–H groups in total. The number of aliphatic imine (C=N–C) groups is 1. The first-order valence-corrected chi connectivity index (χ1v) is 9.49. The summed E-state index contributed by atoms with van der Waals surface area (Å²) >= 11 is 6.20. The van der Waals surface area contributed by atoms with Crippen molar-refractivity contribution in [3.8, 4) is 11.4 Å². The highest BCUT2D eigenvalue weighted by atomic mass is 35.5. The molecule has 2 aromatic carbocycles. The minimum atomic E-state index is 0.560. The number of ether oxygens (including phenoxy) is 1. The molecule has 3 rings (SSSR count). The first-order chi connectivity index (χ1) is 13.0. The fraction of sp³-hybridized carbons (Fsp3) is 0.261. The van der Waals surface area contributed by atoms with Gasteiger partial charge < -0.3 is 9.30 Å². The van der Waals surface area contributed by atoms with Crippen LogP contribution in [0, 0.1) is 20.8 Å². The number of benzene rings is 2. The average Bonchev–Trinajstić information content (AvgIpc) is 2.93. The maximum Gasteiger partial charge on any atom is 0.137 e. The molecule has 0 radical (unpaired) electrons. The summed E-state index contributed by atoms with van der Waals surface area (Å²) in [6.07, 6.45) is 2.91. The quantitative estimate of drug-likeness (QED) is 0.472. The number of halogens is 1. The molecular formula is C23H25ClN2O. The lowest BCUT2D eigenvalue weighted by atomic mass is 10.1. The zero-order valence-electron chi connectivity index (χ0n) is 16.5. The van der Waals surface area contributed by atoms with Gasteiger partial charge in [0, 0.05) is 23.2 Å². The Morgan fingerprint density at radius 2 is 1.89 bits per heavy atom. The minimum absolute atomic E-state index is 0.560. The SMILES string of the molecule is CCc1cccc(C)c1-n1c(C)cc(C=Nc2ccc(OC)c(Cl)c2)c1C. The molecule has 0 unspecified atom stereocenters. The van der Waals surface area contributed by atoms with Crippen LogP contribution in [-0.2, 0) is 6.42 Å². The first-order valence-electron chi connectivity index (χ1n) is 9.11. The van der Waals surface area contributed by atoms with Gasteiger partial charge in [-0.3, -0.25) is 4.99 Å². The van der Waals surface area contributed by atoms with Crippen molar-refractivity contribution in [2.24, 2.45) is 4.99 Å². The Labute approximate surface area is 166 Å². The molecule has 0 fully saturated rings. The number of methoxy groups -OCH3 is 1. The van der Waals surface area contributed by atoms with Gasteiger partial charge in [0.05, 0.1) is 23.5 Å². The van der Waals surface area contributed by atoms with Crippen LogP contribution in [0.5, 0.6) is 5.75 Å². The average molecular weight is 381 g/mol. The highest BCUT2D eigenvalue weighted by Crippen LogP contribution is 2.29. The number of aryl methyl sites for hydroxylation is 3. The molecule has 0 aliphatic heterocycles. The smallest absolute Gasteiger partial charge is 0.137 e. The van der Waals surface area contributed by atoms with Gasteiger partial charge in [0.15, 0.2) is 0 Å². The van der Waals surface area contributed by atoms with Crippen LogP contribution in [0.2, 0.25) is 5.02 Å². The van der Waals surface area contributed by atoms with Crippen molar-refractivity contribution in [2.75, 3.05) is 7.11 Å². The molecule has 3 aromatic rings. The fourth-order valence-corrected chi connectivity index (χ4v) is 3.72. The van der Waals surface area contributed by atoms with Gasteiger partial charge in [0.1, 0.15) is 5.75 Å². The summed E-state index contributed by atoms with van der Waals surface area (Å²) in [6, 6.07) is 14.2. The van der Waals surface area contributed by atoms with E-state index in [0.29, 0.717) is 10.8 Å². The van der Waals surface area contributed by atoms with Gasteiger partial charge in [0.25, 0.3) is 0 Å². The number of para-hydroxylation sites is 1. The summed E-state index contributed by atoms with van der Waals surface area (Å²) in [7, 11) is 1.61. The molecule has 1 aromatic heterocycles. The van der Waals surface area contributed by atoms with Crippen molar-refractivity contribution in [3.63, 3.8) is 0 Å². The second-order valence-corrected chi connectivity index (χ2v) is 7.08. The van der Waals surface area contributed by atoms with Crippen LogP contribution in [0.15, 0.2) is 47.5 Å². The number of aromatic nitrogens is 1. The maximum atomic E-state index is 6.20. The zero-order valence-corrected chi connectivity index (χ0v) is 17.3. The van der Waals surface area contributed by atoms with Crippen molar-refractivity contribution in [1.82, 2.24) is 4.57 Å². The van der Waals surface area contributed by atoms with Gasteiger partial charge in [0.2, 0.25) is 0 Å².